The van der Waals surface area contributed by atoms with Gasteiger partial charge in [-0.2, -0.15) is 0 Å². The van der Waals surface area contributed by atoms with Gasteiger partial charge in [-0.25, -0.2) is 9.59 Å². The van der Waals surface area contributed by atoms with Crippen LogP contribution >= 0.6 is 0 Å². The van der Waals surface area contributed by atoms with Crippen LogP contribution in [0.2, 0.25) is 0 Å². The molecule has 7 heteroatoms. The first-order chi connectivity index (χ1) is 13.9. The van der Waals surface area contributed by atoms with Gasteiger partial charge in [0.05, 0.1) is 17.8 Å². The molecule has 1 N–H and O–H groups in total. The minimum Gasteiger partial charge on any atom is -0.487 e. The highest BCUT2D eigenvalue weighted by Crippen LogP contribution is 2.53. The standard InChI is InChI=1S/C23H31NO6/c1-22(2,3)30-21(27)24-9-8-17-14(12-24)11-16-19(28-17)15-10-13(20(25)26)6-7-18(15)29-23(16,4)5/h6-7,10,14,16-17,19H,8-9,11-12H2,1-5H3,(H,25,26)/t14-,16-,17-,19+/m1/s1. The maximum atomic E-state index is 12.5. The summed E-state index contributed by atoms with van der Waals surface area (Å²) in [7, 11) is 0. The smallest absolute Gasteiger partial charge is 0.410 e. The first-order valence-corrected chi connectivity index (χ1v) is 10.6. The van der Waals surface area contributed by atoms with Crippen molar-refractivity contribution in [2.45, 2.75) is 70.9 Å². The third-order valence-electron chi connectivity index (χ3n) is 6.39. The Labute approximate surface area is 177 Å². The van der Waals surface area contributed by atoms with Crippen molar-refractivity contribution < 1.29 is 28.9 Å². The van der Waals surface area contributed by atoms with Crippen molar-refractivity contribution in [2.75, 3.05) is 13.1 Å². The molecule has 1 amide bonds. The molecule has 0 radical (unpaired) electrons. The Kier molecular flexibility index (Phi) is 5.00. The molecule has 30 heavy (non-hydrogen) atoms. The molecule has 0 bridgehead atoms. The van der Waals surface area contributed by atoms with Crippen LogP contribution < -0.4 is 4.74 Å². The van der Waals surface area contributed by atoms with Gasteiger partial charge >= 0.3 is 12.1 Å². The molecule has 1 aromatic carbocycles. The Morgan fingerprint density at radius 3 is 2.67 bits per heavy atom. The van der Waals surface area contributed by atoms with E-state index >= 15 is 0 Å². The molecule has 0 saturated carbocycles. The van der Waals surface area contributed by atoms with Crippen LogP contribution in [0.3, 0.4) is 0 Å². The van der Waals surface area contributed by atoms with Crippen LogP contribution in [0.25, 0.3) is 0 Å². The molecule has 3 heterocycles. The largest absolute Gasteiger partial charge is 0.487 e. The summed E-state index contributed by atoms with van der Waals surface area (Å²) >= 11 is 0. The van der Waals surface area contributed by atoms with Gasteiger partial charge in [-0.3, -0.25) is 0 Å². The number of rotatable bonds is 1. The second kappa shape index (κ2) is 7.15. The molecule has 3 aliphatic rings. The molecule has 3 aliphatic heterocycles. The normalized spacial score (nSPS) is 29.7. The lowest BCUT2D eigenvalue weighted by Gasteiger charge is -2.53. The van der Waals surface area contributed by atoms with E-state index in [-0.39, 0.29) is 35.7 Å². The van der Waals surface area contributed by atoms with Crippen LogP contribution in [0.15, 0.2) is 18.2 Å². The molecular weight excluding hydrogens is 386 g/mol. The third-order valence-corrected chi connectivity index (χ3v) is 6.39. The molecule has 164 valence electrons. The van der Waals surface area contributed by atoms with Gasteiger partial charge in [0.25, 0.3) is 0 Å². The Morgan fingerprint density at radius 1 is 1.27 bits per heavy atom. The monoisotopic (exact) mass is 417 g/mol. The topological polar surface area (TPSA) is 85.3 Å². The van der Waals surface area contributed by atoms with Gasteiger partial charge in [0, 0.05) is 30.5 Å². The summed E-state index contributed by atoms with van der Waals surface area (Å²) in [6.45, 7) is 10.9. The molecule has 0 aromatic heterocycles. The van der Waals surface area contributed by atoms with E-state index < -0.39 is 17.2 Å². The fourth-order valence-electron chi connectivity index (χ4n) is 4.94. The first kappa shape index (κ1) is 21.0. The van der Waals surface area contributed by atoms with E-state index in [9.17, 15) is 14.7 Å². The summed E-state index contributed by atoms with van der Waals surface area (Å²) in [5.41, 5.74) is 0.0718. The fourth-order valence-corrected chi connectivity index (χ4v) is 4.94. The van der Waals surface area contributed by atoms with Gasteiger partial charge in [-0.15, -0.1) is 0 Å². The maximum Gasteiger partial charge on any atom is 0.410 e. The zero-order valence-electron chi connectivity index (χ0n) is 18.3. The summed E-state index contributed by atoms with van der Waals surface area (Å²) in [5.74, 6) is -0.0112. The van der Waals surface area contributed by atoms with E-state index in [1.165, 1.54) is 0 Å². The van der Waals surface area contributed by atoms with Crippen molar-refractivity contribution in [1.82, 2.24) is 4.90 Å². The number of benzene rings is 1. The summed E-state index contributed by atoms with van der Waals surface area (Å²) in [6, 6.07) is 4.99. The number of piperidine rings is 1. The molecule has 0 aliphatic carbocycles. The molecule has 7 nitrogen and oxygen atoms in total. The van der Waals surface area contributed by atoms with Gasteiger partial charge in [0.15, 0.2) is 0 Å². The van der Waals surface area contributed by atoms with E-state index in [0.717, 1.165) is 18.4 Å². The quantitative estimate of drug-likeness (QED) is 0.735. The number of fused-ring (bicyclic) bond motifs is 4. The van der Waals surface area contributed by atoms with E-state index in [1.807, 2.05) is 20.8 Å². The molecule has 2 fully saturated rings. The lowest BCUT2D eigenvalue weighted by Crippen LogP contribution is -2.56. The van der Waals surface area contributed by atoms with Crippen LogP contribution in [-0.4, -0.2) is 52.5 Å². The average Bonchev–Trinajstić information content (AvgIpc) is 2.64. The van der Waals surface area contributed by atoms with Crippen molar-refractivity contribution in [1.29, 1.82) is 0 Å². The number of nitrogens with zero attached hydrogens (tertiary/aromatic N) is 1. The number of hydrogen-bond donors (Lipinski definition) is 1. The van der Waals surface area contributed by atoms with Crippen molar-refractivity contribution in [3.8, 4) is 5.75 Å². The molecular formula is C23H31NO6. The number of amides is 1. The second-order valence-electron chi connectivity index (χ2n) is 10.2. The number of likely N-dealkylation sites (tertiary alicyclic amines) is 1. The summed E-state index contributed by atoms with van der Waals surface area (Å²) < 4.78 is 18.4. The Balaban J connectivity index is 1.57. The Bertz CT molecular complexity index is 858. The number of carboxylic acids is 1. The second-order valence-corrected chi connectivity index (χ2v) is 10.2. The third kappa shape index (κ3) is 3.87. The van der Waals surface area contributed by atoms with E-state index in [1.54, 1.807) is 23.1 Å². The van der Waals surface area contributed by atoms with Gasteiger partial charge < -0.3 is 24.2 Å². The molecule has 1 aromatic rings. The lowest BCUT2D eigenvalue weighted by molar-refractivity contribution is -0.185. The predicted octanol–water partition coefficient (Wildman–Crippen LogP) is 4.26. The van der Waals surface area contributed by atoms with E-state index in [4.69, 9.17) is 14.2 Å². The summed E-state index contributed by atoms with van der Waals surface area (Å²) in [6.07, 6.45) is 1.12. The summed E-state index contributed by atoms with van der Waals surface area (Å²) in [4.78, 5) is 25.8. The molecule has 0 spiro atoms. The number of carboxylic acid groups (broad SMARTS) is 1. The van der Waals surface area contributed by atoms with Crippen molar-refractivity contribution in [3.05, 3.63) is 29.3 Å². The van der Waals surface area contributed by atoms with Gasteiger partial charge in [-0.05, 0) is 65.7 Å². The van der Waals surface area contributed by atoms with E-state index in [2.05, 4.69) is 13.8 Å². The van der Waals surface area contributed by atoms with Gasteiger partial charge in [0.2, 0.25) is 0 Å². The van der Waals surface area contributed by atoms with Gasteiger partial charge in [-0.1, -0.05) is 0 Å². The minimum atomic E-state index is -0.960. The Morgan fingerprint density at radius 2 is 2.00 bits per heavy atom. The number of hydrogen-bond acceptors (Lipinski definition) is 5. The number of carbonyl (C=O) groups is 2. The summed E-state index contributed by atoms with van der Waals surface area (Å²) in [5, 5.41) is 9.40. The number of aromatic carboxylic acids is 1. The van der Waals surface area contributed by atoms with Crippen molar-refractivity contribution >= 4 is 12.1 Å². The van der Waals surface area contributed by atoms with Crippen LogP contribution in [-0.2, 0) is 9.47 Å². The van der Waals surface area contributed by atoms with Crippen LogP contribution in [0.1, 0.15) is 69.5 Å². The predicted molar refractivity (Wildman–Crippen MR) is 110 cm³/mol. The SMILES string of the molecule is CC(C)(C)OC(=O)N1CC[C@H]2O[C@H]3c4cc(C(=O)O)ccc4OC(C)(C)[C@@H]3C[C@@H]2C1. The van der Waals surface area contributed by atoms with Crippen molar-refractivity contribution in [3.63, 3.8) is 0 Å². The van der Waals surface area contributed by atoms with Crippen LogP contribution in [0, 0.1) is 11.8 Å². The molecule has 0 unspecified atom stereocenters. The maximum absolute atomic E-state index is 12.5. The number of ether oxygens (including phenoxy) is 3. The van der Waals surface area contributed by atoms with Crippen LogP contribution in [0.4, 0.5) is 4.79 Å². The minimum absolute atomic E-state index is 0.0279. The van der Waals surface area contributed by atoms with Crippen molar-refractivity contribution in [2.24, 2.45) is 11.8 Å². The lowest BCUT2D eigenvalue weighted by atomic mass is 9.70. The highest BCUT2D eigenvalue weighted by atomic mass is 16.6. The average molecular weight is 418 g/mol. The first-order valence-electron chi connectivity index (χ1n) is 10.6. The van der Waals surface area contributed by atoms with Crippen LogP contribution in [0.5, 0.6) is 5.75 Å². The molecule has 4 rings (SSSR count). The van der Waals surface area contributed by atoms with Gasteiger partial charge in [0.1, 0.15) is 17.0 Å². The number of carbonyl (C=O) groups excluding carboxylic acids is 1. The zero-order chi connectivity index (χ0) is 21.8. The molecule has 2 saturated heterocycles. The fraction of sp³-hybridized carbons (Fsp3) is 0.652. The highest BCUT2D eigenvalue weighted by Gasteiger charge is 2.52. The highest BCUT2D eigenvalue weighted by molar-refractivity contribution is 5.88. The Hall–Kier alpha value is -2.28. The molecule has 4 atom stereocenters. The van der Waals surface area contributed by atoms with E-state index in [0.29, 0.717) is 18.8 Å². The zero-order valence-corrected chi connectivity index (χ0v) is 18.3.